The van der Waals surface area contributed by atoms with Gasteiger partial charge in [0.2, 0.25) is 0 Å². The van der Waals surface area contributed by atoms with Gasteiger partial charge in [-0.1, -0.05) is 353 Å². The van der Waals surface area contributed by atoms with Crippen molar-refractivity contribution in [3.63, 3.8) is 0 Å². The Kier molecular flexibility index (Phi) is 65.4. The molecule has 0 bridgehead atoms. The molecule has 9 heteroatoms. The number of carbonyl (C=O) groups is 3. The summed E-state index contributed by atoms with van der Waals surface area (Å²) in [6.45, 7) is 4.83. The summed E-state index contributed by atoms with van der Waals surface area (Å²) in [4.78, 5) is 37.5. The summed E-state index contributed by atoms with van der Waals surface area (Å²) >= 11 is 0. The maximum absolute atomic E-state index is 12.9. The van der Waals surface area contributed by atoms with Crippen molar-refractivity contribution in [1.29, 1.82) is 0 Å². The average molecular weight is 1190 g/mol. The van der Waals surface area contributed by atoms with Crippen LogP contribution in [0, 0.1) is 0 Å². The molecule has 0 aromatic heterocycles. The van der Waals surface area contributed by atoms with Crippen LogP contribution in [-0.4, -0.2) is 82.3 Å². The van der Waals surface area contributed by atoms with Gasteiger partial charge >= 0.3 is 11.9 Å². The summed E-state index contributed by atoms with van der Waals surface area (Å²) in [7, 11) is 5.95. The molecule has 0 N–H and O–H groups in total. The molecule has 0 aromatic rings. The van der Waals surface area contributed by atoms with Gasteiger partial charge in [-0.05, 0) is 38.5 Å². The summed E-state index contributed by atoms with van der Waals surface area (Å²) in [5.41, 5.74) is 0. The highest BCUT2D eigenvalue weighted by molar-refractivity contribution is 5.70. The topological polar surface area (TPSA) is 111 Å². The lowest BCUT2D eigenvalue weighted by Crippen LogP contribution is -2.44. The van der Waals surface area contributed by atoms with Crippen LogP contribution in [0.15, 0.2) is 12.2 Å². The number of aliphatic carboxylic acids is 1. The largest absolute Gasteiger partial charge is 0.545 e. The van der Waals surface area contributed by atoms with Crippen molar-refractivity contribution >= 4 is 17.9 Å². The van der Waals surface area contributed by atoms with Crippen molar-refractivity contribution in [2.45, 2.75) is 405 Å². The Balaban J connectivity index is 3.99. The van der Waals surface area contributed by atoms with E-state index in [9.17, 15) is 19.5 Å². The first-order valence-electron chi connectivity index (χ1n) is 37.3. The van der Waals surface area contributed by atoms with E-state index in [1.807, 2.05) is 21.1 Å². The molecule has 0 saturated heterocycles. The van der Waals surface area contributed by atoms with Crippen LogP contribution in [0.25, 0.3) is 0 Å². The summed E-state index contributed by atoms with van der Waals surface area (Å²) < 4.78 is 22.8. The monoisotopic (exact) mass is 1190 g/mol. The van der Waals surface area contributed by atoms with E-state index in [1.165, 1.54) is 327 Å². The van der Waals surface area contributed by atoms with Gasteiger partial charge in [-0.2, -0.15) is 0 Å². The molecular weight excluding hydrogens is 1040 g/mol. The summed E-state index contributed by atoms with van der Waals surface area (Å²) in [5, 5.41) is 11.8. The molecule has 0 amide bonds. The third-order valence-corrected chi connectivity index (χ3v) is 17.3. The highest BCUT2D eigenvalue weighted by atomic mass is 16.7. The standard InChI is InChI=1S/C75H145NO8/c1-6-8-10-12-14-16-18-20-22-24-26-28-30-32-33-34-35-36-37-38-39-40-42-43-45-47-49-51-53-55-57-59-61-63-65-72(77)82-69-71(70-83-75(74(79)80)81-68-67-76(3,4)5)84-73(78)66-64-62-60-58-56-54-52-50-48-46-44-41-31-29-27-25-23-21-19-17-15-13-11-9-7-2/h25,27,71,75H,6-24,26,28-70H2,1-5H3/b27-25-. The van der Waals surface area contributed by atoms with Crippen LogP contribution >= 0.6 is 0 Å². The second-order valence-electron chi connectivity index (χ2n) is 27.0. The van der Waals surface area contributed by atoms with E-state index >= 15 is 0 Å². The van der Waals surface area contributed by atoms with Crippen LogP contribution in [0.1, 0.15) is 393 Å². The normalized spacial score (nSPS) is 12.6. The highest BCUT2D eigenvalue weighted by Crippen LogP contribution is 2.20. The maximum atomic E-state index is 12.9. The molecule has 0 aromatic carbocycles. The fourth-order valence-corrected chi connectivity index (χ4v) is 11.5. The number of esters is 2. The number of carboxylic acid groups (broad SMARTS) is 1. The highest BCUT2D eigenvalue weighted by Gasteiger charge is 2.22. The van der Waals surface area contributed by atoms with Crippen LogP contribution in [0.3, 0.4) is 0 Å². The Morgan fingerprint density at radius 1 is 0.345 bits per heavy atom. The molecule has 0 aliphatic carbocycles. The zero-order valence-electron chi connectivity index (χ0n) is 57.1. The lowest BCUT2D eigenvalue weighted by molar-refractivity contribution is -0.870. The number of unbranched alkanes of at least 4 members (excludes halogenated alkanes) is 54. The van der Waals surface area contributed by atoms with E-state index in [0.29, 0.717) is 17.4 Å². The van der Waals surface area contributed by atoms with Crippen LogP contribution in [0.5, 0.6) is 0 Å². The Bertz CT molecular complexity index is 1380. The zero-order valence-corrected chi connectivity index (χ0v) is 57.1. The number of nitrogens with zero attached hydrogens (tertiary/aromatic N) is 1. The number of carboxylic acids is 1. The number of rotatable bonds is 71. The van der Waals surface area contributed by atoms with Crippen LogP contribution in [-0.2, 0) is 33.3 Å². The number of quaternary nitrogens is 1. The molecule has 2 atom stereocenters. The maximum Gasteiger partial charge on any atom is 0.306 e. The third kappa shape index (κ3) is 67.5. The smallest absolute Gasteiger partial charge is 0.306 e. The van der Waals surface area contributed by atoms with Crippen molar-refractivity contribution < 1.29 is 42.9 Å². The van der Waals surface area contributed by atoms with Gasteiger partial charge in [-0.15, -0.1) is 0 Å². The number of likely N-dealkylation sites (N-methyl/N-ethyl adjacent to an activating group) is 1. The fraction of sp³-hybridized carbons (Fsp3) is 0.933. The van der Waals surface area contributed by atoms with Gasteiger partial charge in [-0.25, -0.2) is 0 Å². The van der Waals surface area contributed by atoms with Gasteiger partial charge in [0, 0.05) is 12.8 Å². The fourth-order valence-electron chi connectivity index (χ4n) is 11.5. The van der Waals surface area contributed by atoms with Gasteiger partial charge in [0.05, 0.1) is 40.3 Å². The van der Waals surface area contributed by atoms with Crippen molar-refractivity contribution in [2.75, 3.05) is 47.5 Å². The minimum atomic E-state index is -1.62. The Hall–Kier alpha value is -1.97. The molecule has 0 rings (SSSR count). The predicted octanol–water partition coefficient (Wildman–Crippen LogP) is 21.9. The molecule has 0 fully saturated rings. The van der Waals surface area contributed by atoms with Gasteiger partial charge in [0.15, 0.2) is 12.4 Å². The summed E-state index contributed by atoms with van der Waals surface area (Å²) in [5.74, 6) is -2.25. The van der Waals surface area contributed by atoms with Gasteiger partial charge in [0.25, 0.3) is 0 Å². The number of carbonyl (C=O) groups excluding carboxylic acids is 3. The molecule has 498 valence electrons. The second-order valence-corrected chi connectivity index (χ2v) is 27.0. The van der Waals surface area contributed by atoms with E-state index < -0.39 is 24.3 Å². The number of hydrogen-bond acceptors (Lipinski definition) is 8. The molecule has 2 unspecified atom stereocenters. The van der Waals surface area contributed by atoms with Crippen molar-refractivity contribution in [3.8, 4) is 0 Å². The number of ether oxygens (including phenoxy) is 4. The minimum absolute atomic E-state index is 0.152. The first-order chi connectivity index (χ1) is 41.1. The molecule has 0 aliphatic rings. The Morgan fingerprint density at radius 2 is 0.607 bits per heavy atom. The Morgan fingerprint density at radius 3 is 0.881 bits per heavy atom. The van der Waals surface area contributed by atoms with Gasteiger partial charge < -0.3 is 33.3 Å². The summed E-state index contributed by atoms with van der Waals surface area (Å²) in [6, 6.07) is 0. The molecule has 0 heterocycles. The number of hydrogen-bond donors (Lipinski definition) is 0. The van der Waals surface area contributed by atoms with Crippen molar-refractivity contribution in [1.82, 2.24) is 0 Å². The van der Waals surface area contributed by atoms with Crippen molar-refractivity contribution in [2.24, 2.45) is 0 Å². The first-order valence-corrected chi connectivity index (χ1v) is 37.3. The summed E-state index contributed by atoms with van der Waals surface area (Å²) in [6.07, 6.45) is 78.9. The van der Waals surface area contributed by atoms with E-state index in [-0.39, 0.29) is 32.2 Å². The molecule has 84 heavy (non-hydrogen) atoms. The Labute approximate surface area is 523 Å². The molecule has 0 radical (unpaired) electrons. The minimum Gasteiger partial charge on any atom is -0.545 e. The van der Waals surface area contributed by atoms with E-state index in [0.717, 1.165) is 38.5 Å². The van der Waals surface area contributed by atoms with Crippen LogP contribution in [0.2, 0.25) is 0 Å². The van der Waals surface area contributed by atoms with Crippen LogP contribution < -0.4 is 5.11 Å². The zero-order chi connectivity index (χ0) is 61.2. The molecule has 0 saturated carbocycles. The third-order valence-electron chi connectivity index (χ3n) is 17.3. The van der Waals surface area contributed by atoms with Crippen LogP contribution in [0.4, 0.5) is 0 Å². The molecule has 9 nitrogen and oxygen atoms in total. The van der Waals surface area contributed by atoms with E-state index in [2.05, 4.69) is 26.0 Å². The first kappa shape index (κ1) is 82.0. The van der Waals surface area contributed by atoms with Crippen molar-refractivity contribution in [3.05, 3.63) is 12.2 Å². The molecule has 0 spiro atoms. The quantitative estimate of drug-likeness (QED) is 0.0195. The van der Waals surface area contributed by atoms with Gasteiger partial charge in [0.1, 0.15) is 13.2 Å². The molecular formula is C75H145NO8. The van der Waals surface area contributed by atoms with E-state index in [4.69, 9.17) is 18.9 Å². The van der Waals surface area contributed by atoms with Gasteiger partial charge in [-0.3, -0.25) is 9.59 Å². The van der Waals surface area contributed by atoms with E-state index in [1.54, 1.807) is 0 Å². The number of allylic oxidation sites excluding steroid dienone is 2. The SMILES string of the molecule is CCCCCCCCCC/C=C\CCCCCCCCCCCCCCCC(=O)OC(COC(=O)CCCCCCCCCCCCCCCCCCCCCCCCCCCCCCCCCCCC)COC(OCC[N+](C)(C)C)C(=O)[O-]. The molecule has 0 aliphatic heterocycles. The second kappa shape index (κ2) is 67.0. The lowest BCUT2D eigenvalue weighted by Gasteiger charge is -2.26. The average Bonchev–Trinajstić information content (AvgIpc) is 3.52. The predicted molar refractivity (Wildman–Crippen MR) is 357 cm³/mol. The lowest BCUT2D eigenvalue weighted by atomic mass is 10.0.